The molecule has 1 aromatic rings. The number of rotatable bonds is 4. The summed E-state index contributed by atoms with van der Waals surface area (Å²) in [5.74, 6) is 0.382. The van der Waals surface area contributed by atoms with Crippen molar-refractivity contribution in [3.8, 4) is 0 Å². The van der Waals surface area contributed by atoms with Crippen molar-refractivity contribution in [1.82, 2.24) is 15.1 Å². The van der Waals surface area contributed by atoms with E-state index in [2.05, 4.69) is 15.1 Å². The largest absolute Gasteiger partial charge is 0.316 e. The molecule has 0 aliphatic carbocycles. The van der Waals surface area contributed by atoms with Gasteiger partial charge >= 0.3 is 0 Å². The molecule has 1 aromatic heterocycles. The Hall–Kier alpha value is -1.08. The van der Waals surface area contributed by atoms with E-state index in [1.54, 1.807) is 17.9 Å². The van der Waals surface area contributed by atoms with Gasteiger partial charge < -0.3 is 5.32 Å². The summed E-state index contributed by atoms with van der Waals surface area (Å²) in [5.41, 5.74) is 0.524. The highest BCUT2D eigenvalue weighted by Crippen LogP contribution is 2.14. The van der Waals surface area contributed by atoms with Crippen LogP contribution >= 0.6 is 0 Å². The molecule has 0 amide bonds. The maximum atomic E-state index is 11.9. The Bertz CT molecular complexity index is 462. The van der Waals surface area contributed by atoms with Gasteiger partial charge in [-0.3, -0.25) is 9.40 Å². The van der Waals surface area contributed by atoms with Gasteiger partial charge in [0.2, 0.25) is 10.0 Å². The third-order valence-corrected chi connectivity index (χ3v) is 4.29. The van der Waals surface area contributed by atoms with Crippen molar-refractivity contribution in [2.45, 2.75) is 12.8 Å². The molecule has 2 N–H and O–H groups in total. The normalized spacial score (nSPS) is 21.4. The van der Waals surface area contributed by atoms with Gasteiger partial charge in [-0.1, -0.05) is 0 Å². The topological polar surface area (TPSA) is 76.0 Å². The second-order valence-corrected chi connectivity index (χ2v) is 6.27. The third-order valence-electron chi connectivity index (χ3n) is 2.83. The summed E-state index contributed by atoms with van der Waals surface area (Å²) in [6.45, 7) is 1.78. The Morgan fingerprint density at radius 3 is 3.06 bits per heavy atom. The Morgan fingerprint density at radius 1 is 1.65 bits per heavy atom. The summed E-state index contributed by atoms with van der Waals surface area (Å²) in [7, 11) is -1.51. The van der Waals surface area contributed by atoms with Crippen LogP contribution in [0.3, 0.4) is 0 Å². The Balaban J connectivity index is 1.94. The van der Waals surface area contributed by atoms with Crippen molar-refractivity contribution in [2.24, 2.45) is 13.0 Å². The highest BCUT2D eigenvalue weighted by atomic mass is 32.2. The molecular weight excluding hydrogens is 240 g/mol. The smallest absolute Gasteiger partial charge is 0.233 e. The summed E-state index contributed by atoms with van der Waals surface area (Å²) in [5, 5.41) is 7.14. The zero-order valence-electron chi connectivity index (χ0n) is 9.89. The van der Waals surface area contributed by atoms with Crippen LogP contribution < -0.4 is 10.0 Å². The molecule has 1 aliphatic rings. The van der Waals surface area contributed by atoms with Crippen LogP contribution in [0.4, 0.5) is 5.69 Å². The fourth-order valence-electron chi connectivity index (χ4n) is 2.07. The Kier molecular flexibility index (Phi) is 3.68. The molecular formula is C10H18N4O2S. The quantitative estimate of drug-likeness (QED) is 0.806. The highest BCUT2D eigenvalue weighted by Gasteiger charge is 2.21. The predicted octanol–water partition coefficient (Wildman–Crippen LogP) is 0.161. The van der Waals surface area contributed by atoms with Crippen molar-refractivity contribution in [1.29, 1.82) is 0 Å². The summed E-state index contributed by atoms with van der Waals surface area (Å²) < 4.78 is 27.9. The van der Waals surface area contributed by atoms with Crippen LogP contribution in [0.5, 0.6) is 0 Å². The number of nitrogens with one attached hydrogen (secondary N) is 2. The lowest BCUT2D eigenvalue weighted by atomic mass is 10.0. The van der Waals surface area contributed by atoms with E-state index in [4.69, 9.17) is 0 Å². The molecule has 0 spiro atoms. The first kappa shape index (κ1) is 12.4. The SMILES string of the molecule is Cn1cc(NS(=O)(=O)CC2CCCNC2)cn1. The summed E-state index contributed by atoms with van der Waals surface area (Å²) in [4.78, 5) is 0. The molecule has 6 nitrogen and oxygen atoms in total. The van der Waals surface area contributed by atoms with E-state index in [0.29, 0.717) is 5.69 Å². The second kappa shape index (κ2) is 5.05. The van der Waals surface area contributed by atoms with Crippen molar-refractivity contribution >= 4 is 15.7 Å². The molecule has 0 bridgehead atoms. The van der Waals surface area contributed by atoms with Crippen LogP contribution in [0.2, 0.25) is 0 Å². The van der Waals surface area contributed by atoms with E-state index < -0.39 is 10.0 Å². The molecule has 1 fully saturated rings. The second-order valence-electron chi connectivity index (χ2n) is 4.50. The Labute approximate surface area is 101 Å². The molecule has 0 aromatic carbocycles. The standard InChI is InChI=1S/C10H18N4O2S/c1-14-7-10(6-12-14)13-17(15,16)8-9-3-2-4-11-5-9/h6-7,9,11,13H,2-5,8H2,1H3. The van der Waals surface area contributed by atoms with Gasteiger partial charge in [0.15, 0.2) is 0 Å². The number of aryl methyl sites for hydroxylation is 1. The summed E-state index contributed by atoms with van der Waals surface area (Å²) in [6.07, 6.45) is 5.18. The van der Waals surface area contributed by atoms with E-state index in [1.807, 2.05) is 0 Å². The minimum atomic E-state index is -3.26. The van der Waals surface area contributed by atoms with Gasteiger partial charge in [0.1, 0.15) is 0 Å². The summed E-state index contributed by atoms with van der Waals surface area (Å²) >= 11 is 0. The lowest BCUT2D eigenvalue weighted by molar-refractivity contribution is 0.404. The van der Waals surface area contributed by atoms with E-state index in [9.17, 15) is 8.42 Å². The van der Waals surface area contributed by atoms with Crippen LogP contribution in [0.15, 0.2) is 12.4 Å². The van der Waals surface area contributed by atoms with Crippen LogP contribution in [-0.2, 0) is 17.1 Å². The molecule has 1 saturated heterocycles. The van der Waals surface area contributed by atoms with Crippen molar-refractivity contribution in [3.63, 3.8) is 0 Å². The van der Waals surface area contributed by atoms with Gasteiger partial charge in [-0.05, 0) is 31.8 Å². The van der Waals surface area contributed by atoms with Gasteiger partial charge in [0.25, 0.3) is 0 Å². The number of nitrogens with zero attached hydrogens (tertiary/aromatic N) is 2. The molecule has 1 aliphatic heterocycles. The fraction of sp³-hybridized carbons (Fsp3) is 0.700. The molecule has 0 saturated carbocycles. The van der Waals surface area contributed by atoms with Gasteiger partial charge in [0, 0.05) is 13.2 Å². The Morgan fingerprint density at radius 2 is 2.47 bits per heavy atom. The number of aromatic nitrogens is 2. The van der Waals surface area contributed by atoms with E-state index in [1.165, 1.54) is 6.20 Å². The van der Waals surface area contributed by atoms with E-state index >= 15 is 0 Å². The number of anilines is 1. The molecule has 1 unspecified atom stereocenters. The minimum absolute atomic E-state index is 0.175. The van der Waals surface area contributed by atoms with Crippen molar-refractivity contribution < 1.29 is 8.42 Å². The lowest BCUT2D eigenvalue weighted by Crippen LogP contribution is -2.35. The predicted molar refractivity (Wildman–Crippen MR) is 66.2 cm³/mol. The molecule has 17 heavy (non-hydrogen) atoms. The van der Waals surface area contributed by atoms with Crippen LogP contribution in [-0.4, -0.2) is 37.0 Å². The van der Waals surface area contributed by atoms with E-state index in [0.717, 1.165) is 25.9 Å². The van der Waals surface area contributed by atoms with Crippen LogP contribution in [0.25, 0.3) is 0 Å². The monoisotopic (exact) mass is 258 g/mol. The van der Waals surface area contributed by atoms with Gasteiger partial charge in [-0.25, -0.2) is 8.42 Å². The zero-order chi connectivity index (χ0) is 12.3. The zero-order valence-corrected chi connectivity index (χ0v) is 10.7. The van der Waals surface area contributed by atoms with E-state index in [-0.39, 0.29) is 11.7 Å². The average Bonchev–Trinajstić information content (AvgIpc) is 2.63. The maximum Gasteiger partial charge on any atom is 0.233 e. The molecule has 1 atom stereocenters. The number of hydrogen-bond donors (Lipinski definition) is 2. The molecule has 2 rings (SSSR count). The third kappa shape index (κ3) is 3.71. The number of piperidine rings is 1. The highest BCUT2D eigenvalue weighted by molar-refractivity contribution is 7.92. The van der Waals surface area contributed by atoms with Gasteiger partial charge in [-0.2, -0.15) is 5.10 Å². The van der Waals surface area contributed by atoms with Crippen molar-refractivity contribution in [3.05, 3.63) is 12.4 Å². The number of hydrogen-bond acceptors (Lipinski definition) is 4. The minimum Gasteiger partial charge on any atom is -0.316 e. The number of sulfonamides is 1. The fourth-order valence-corrected chi connectivity index (χ4v) is 3.52. The molecule has 2 heterocycles. The molecule has 7 heteroatoms. The first-order chi connectivity index (χ1) is 8.05. The molecule has 96 valence electrons. The van der Waals surface area contributed by atoms with Crippen molar-refractivity contribution in [2.75, 3.05) is 23.6 Å². The lowest BCUT2D eigenvalue weighted by Gasteiger charge is -2.22. The summed E-state index contributed by atoms with van der Waals surface area (Å²) in [6, 6.07) is 0. The van der Waals surface area contributed by atoms with Gasteiger partial charge in [0.05, 0.1) is 17.6 Å². The van der Waals surface area contributed by atoms with Crippen LogP contribution in [0.1, 0.15) is 12.8 Å². The first-order valence-corrected chi connectivity index (χ1v) is 7.40. The first-order valence-electron chi connectivity index (χ1n) is 5.75. The molecule has 0 radical (unpaired) electrons. The van der Waals surface area contributed by atoms with Crippen LogP contribution in [0, 0.1) is 5.92 Å². The van der Waals surface area contributed by atoms with Gasteiger partial charge in [-0.15, -0.1) is 0 Å². The maximum absolute atomic E-state index is 11.9. The average molecular weight is 258 g/mol.